The van der Waals surface area contributed by atoms with Crippen LogP contribution in [-0.4, -0.2) is 33.9 Å². The molecule has 17 heavy (non-hydrogen) atoms. The summed E-state index contributed by atoms with van der Waals surface area (Å²) in [6.45, 7) is 4.32. The van der Waals surface area contributed by atoms with Gasteiger partial charge in [-0.25, -0.2) is 0 Å². The molecule has 1 aromatic heterocycles. The Kier molecular flexibility index (Phi) is 4.83. The van der Waals surface area contributed by atoms with Crippen molar-refractivity contribution < 1.29 is 14.6 Å². The minimum atomic E-state index is -0.794. The number of hydrogen-bond acceptors (Lipinski definition) is 6. The van der Waals surface area contributed by atoms with Crippen LogP contribution >= 0.6 is 11.3 Å². The van der Waals surface area contributed by atoms with Crippen LogP contribution < -0.4 is 5.32 Å². The van der Waals surface area contributed by atoms with Gasteiger partial charge in [-0.3, -0.25) is 4.79 Å². The number of anilines is 1. The van der Waals surface area contributed by atoms with Gasteiger partial charge in [0.25, 0.3) is 0 Å². The van der Waals surface area contributed by atoms with Crippen molar-refractivity contribution in [2.75, 3.05) is 12.4 Å². The lowest BCUT2D eigenvalue weighted by atomic mass is 9.99. The number of rotatable bonds is 7. The molecule has 0 spiro atoms. The van der Waals surface area contributed by atoms with Crippen molar-refractivity contribution in [3.05, 3.63) is 5.01 Å². The summed E-state index contributed by atoms with van der Waals surface area (Å²) in [4.78, 5) is 10.5. The highest BCUT2D eigenvalue weighted by atomic mass is 32.1. The van der Waals surface area contributed by atoms with Gasteiger partial charge in [-0.2, -0.15) is 0 Å². The molecule has 0 aliphatic rings. The summed E-state index contributed by atoms with van der Waals surface area (Å²) in [6.07, 6.45) is 0.658. The van der Waals surface area contributed by atoms with Crippen molar-refractivity contribution in [3.63, 3.8) is 0 Å². The number of carbonyl (C=O) groups is 1. The van der Waals surface area contributed by atoms with Gasteiger partial charge in [0.05, 0.1) is 0 Å². The molecule has 0 bridgehead atoms. The fourth-order valence-corrected chi connectivity index (χ4v) is 2.15. The molecular formula is C10H17N3O3S. The van der Waals surface area contributed by atoms with E-state index in [-0.39, 0.29) is 12.0 Å². The highest BCUT2D eigenvalue weighted by molar-refractivity contribution is 7.15. The van der Waals surface area contributed by atoms with E-state index in [1.165, 1.54) is 11.3 Å². The highest BCUT2D eigenvalue weighted by Gasteiger charge is 2.20. The fraction of sp³-hybridized carbons (Fsp3) is 0.700. The third kappa shape index (κ3) is 5.10. The van der Waals surface area contributed by atoms with Gasteiger partial charge in [0, 0.05) is 19.1 Å². The van der Waals surface area contributed by atoms with Crippen LogP contribution in [0.5, 0.6) is 0 Å². The molecule has 96 valence electrons. The molecule has 0 atom stereocenters. The van der Waals surface area contributed by atoms with Crippen LogP contribution in [0.15, 0.2) is 0 Å². The summed E-state index contributed by atoms with van der Waals surface area (Å²) in [5.41, 5.74) is -0.317. The number of aromatic nitrogens is 2. The third-order valence-corrected chi connectivity index (χ3v) is 2.96. The lowest BCUT2D eigenvalue weighted by Gasteiger charge is -2.24. The predicted molar refractivity (Wildman–Crippen MR) is 65.2 cm³/mol. The average Bonchev–Trinajstić information content (AvgIpc) is 2.63. The number of nitrogens with one attached hydrogen (secondary N) is 1. The van der Waals surface area contributed by atoms with Crippen molar-refractivity contribution >= 4 is 22.4 Å². The lowest BCUT2D eigenvalue weighted by Crippen LogP contribution is -2.31. The van der Waals surface area contributed by atoms with Gasteiger partial charge in [-0.15, -0.1) is 10.2 Å². The number of aliphatic carboxylic acids is 1. The zero-order chi connectivity index (χ0) is 12.9. The number of methoxy groups -OCH3 is 1. The van der Waals surface area contributed by atoms with Crippen molar-refractivity contribution in [3.8, 4) is 0 Å². The van der Waals surface area contributed by atoms with Gasteiger partial charge in [-0.1, -0.05) is 11.3 Å². The maximum atomic E-state index is 10.5. The molecular weight excluding hydrogens is 242 g/mol. The Hall–Kier alpha value is -1.21. The number of hydrogen-bond donors (Lipinski definition) is 2. The molecule has 1 heterocycles. The number of ether oxygens (including phenoxy) is 1. The van der Waals surface area contributed by atoms with Crippen molar-refractivity contribution in [2.45, 2.75) is 38.8 Å². The monoisotopic (exact) mass is 259 g/mol. The molecule has 1 aromatic rings. The minimum absolute atomic E-state index is 0.129. The van der Waals surface area contributed by atoms with Crippen LogP contribution in [0, 0.1) is 0 Å². The minimum Gasteiger partial charge on any atom is -0.481 e. The van der Waals surface area contributed by atoms with Crippen molar-refractivity contribution in [1.29, 1.82) is 0 Å². The molecule has 2 N–H and O–H groups in total. The average molecular weight is 259 g/mol. The van der Waals surface area contributed by atoms with Gasteiger partial charge in [0.15, 0.2) is 0 Å². The van der Waals surface area contributed by atoms with Gasteiger partial charge in [-0.05, 0) is 20.3 Å². The maximum Gasteiger partial charge on any atom is 0.303 e. The van der Waals surface area contributed by atoms with Crippen LogP contribution in [0.25, 0.3) is 0 Å². The molecule has 0 saturated carbocycles. The van der Waals surface area contributed by atoms with E-state index < -0.39 is 5.97 Å². The predicted octanol–water partition coefficient (Wildman–Crippen LogP) is 1.74. The molecule has 0 aromatic carbocycles. The first-order chi connectivity index (χ1) is 7.93. The second-order valence-electron chi connectivity index (χ2n) is 4.34. The molecule has 1 rings (SSSR count). The fourth-order valence-electron chi connectivity index (χ4n) is 1.26. The van der Waals surface area contributed by atoms with E-state index in [4.69, 9.17) is 9.84 Å². The van der Waals surface area contributed by atoms with E-state index in [0.29, 0.717) is 18.2 Å². The summed E-state index contributed by atoms with van der Waals surface area (Å²) < 4.78 is 4.95. The Labute approximate surface area is 104 Å². The topological polar surface area (TPSA) is 84.3 Å². The van der Waals surface area contributed by atoms with Crippen LogP contribution in [0.3, 0.4) is 0 Å². The zero-order valence-electron chi connectivity index (χ0n) is 10.2. The molecule has 6 nitrogen and oxygen atoms in total. The molecule has 0 aliphatic heterocycles. The maximum absolute atomic E-state index is 10.5. The van der Waals surface area contributed by atoms with E-state index in [9.17, 15) is 4.79 Å². The molecule has 0 saturated heterocycles. The quantitative estimate of drug-likeness (QED) is 0.776. The van der Waals surface area contributed by atoms with Crippen LogP contribution in [0.4, 0.5) is 5.13 Å². The summed E-state index contributed by atoms with van der Waals surface area (Å²) in [5, 5.41) is 21.2. The lowest BCUT2D eigenvalue weighted by molar-refractivity contribution is -0.137. The van der Waals surface area contributed by atoms with Gasteiger partial charge in [0.1, 0.15) is 11.6 Å². The van der Waals surface area contributed by atoms with Crippen LogP contribution in [-0.2, 0) is 16.1 Å². The number of nitrogens with zero attached hydrogens (tertiary/aromatic N) is 2. The first-order valence-corrected chi connectivity index (χ1v) is 6.06. The van der Waals surface area contributed by atoms with E-state index in [1.807, 2.05) is 13.8 Å². The molecule has 0 radical (unpaired) electrons. The van der Waals surface area contributed by atoms with Gasteiger partial charge in [0.2, 0.25) is 5.13 Å². The van der Waals surface area contributed by atoms with Crippen molar-refractivity contribution in [1.82, 2.24) is 10.2 Å². The van der Waals surface area contributed by atoms with E-state index >= 15 is 0 Å². The molecule has 0 unspecified atom stereocenters. The van der Waals surface area contributed by atoms with Gasteiger partial charge < -0.3 is 15.2 Å². The standard InChI is InChI=1S/C10H17N3O3S/c1-10(2,5-4-8(14)15)11-9-13-12-7(17-9)6-16-3/h4-6H2,1-3H3,(H,11,13)(H,14,15). The molecule has 0 fully saturated rings. The van der Waals surface area contributed by atoms with Crippen LogP contribution in [0.2, 0.25) is 0 Å². The molecule has 7 heteroatoms. The smallest absolute Gasteiger partial charge is 0.303 e. The number of carboxylic acid groups (broad SMARTS) is 1. The Bertz CT molecular complexity index is 379. The zero-order valence-corrected chi connectivity index (χ0v) is 11.0. The SMILES string of the molecule is COCc1nnc(NC(C)(C)CCC(=O)O)s1. The summed E-state index contributed by atoms with van der Waals surface area (Å²) >= 11 is 1.41. The Morgan fingerprint density at radius 3 is 2.82 bits per heavy atom. The summed E-state index contributed by atoms with van der Waals surface area (Å²) in [5.74, 6) is -0.794. The Balaban J connectivity index is 2.52. The third-order valence-electron chi connectivity index (χ3n) is 2.14. The van der Waals surface area contributed by atoms with E-state index in [2.05, 4.69) is 15.5 Å². The summed E-state index contributed by atoms with van der Waals surface area (Å²) in [7, 11) is 1.60. The van der Waals surface area contributed by atoms with Gasteiger partial charge >= 0.3 is 5.97 Å². The molecule has 0 aliphatic carbocycles. The summed E-state index contributed by atoms with van der Waals surface area (Å²) in [6, 6.07) is 0. The Morgan fingerprint density at radius 2 is 2.24 bits per heavy atom. The Morgan fingerprint density at radius 1 is 1.53 bits per heavy atom. The normalized spacial score (nSPS) is 11.5. The largest absolute Gasteiger partial charge is 0.481 e. The van der Waals surface area contributed by atoms with E-state index in [0.717, 1.165) is 5.01 Å². The first-order valence-electron chi connectivity index (χ1n) is 5.24. The second kappa shape index (κ2) is 5.92. The van der Waals surface area contributed by atoms with Crippen LogP contribution in [0.1, 0.15) is 31.7 Å². The van der Waals surface area contributed by atoms with Crippen molar-refractivity contribution in [2.24, 2.45) is 0 Å². The van der Waals surface area contributed by atoms with E-state index in [1.54, 1.807) is 7.11 Å². The molecule has 0 amide bonds. The second-order valence-corrected chi connectivity index (χ2v) is 5.40. The highest BCUT2D eigenvalue weighted by Crippen LogP contribution is 2.23. The first kappa shape index (κ1) is 13.9. The number of carboxylic acids is 1.